The Hall–Kier alpha value is -3.73. The Morgan fingerprint density at radius 3 is 2.54 bits per heavy atom. The molecule has 0 aliphatic rings. The number of aliphatic hydroxyl groups excluding tert-OH is 1. The van der Waals surface area contributed by atoms with Crippen molar-refractivity contribution in [3.8, 4) is 6.07 Å². The number of aliphatic hydroxyl groups is 1. The molecule has 0 fully saturated rings. The second-order valence-corrected chi connectivity index (χ2v) is 5.32. The smallest absolute Gasteiger partial charge is 0.337 e. The third kappa shape index (κ3) is 3.37. The zero-order valence-corrected chi connectivity index (χ0v) is 14.1. The van der Waals surface area contributed by atoms with E-state index in [4.69, 9.17) is 10.4 Å². The summed E-state index contributed by atoms with van der Waals surface area (Å²) in [7, 11) is 0. The van der Waals surface area contributed by atoms with Crippen LogP contribution in [-0.2, 0) is 0 Å². The summed E-state index contributed by atoms with van der Waals surface area (Å²) in [6, 6.07) is 7.25. The van der Waals surface area contributed by atoms with Crippen molar-refractivity contribution in [2.24, 2.45) is 5.10 Å². The van der Waals surface area contributed by atoms with Crippen molar-refractivity contribution in [1.82, 2.24) is 4.98 Å². The lowest BCUT2D eigenvalue weighted by Gasteiger charge is -2.19. The maximum Gasteiger partial charge on any atom is 0.337 e. The topological polar surface area (TPSA) is 110 Å². The van der Waals surface area contributed by atoms with Gasteiger partial charge in [-0.05, 0) is 43.2 Å². The first kappa shape index (κ1) is 18.6. The lowest BCUT2D eigenvalue weighted by atomic mass is 9.99. The molecule has 0 unspecified atom stereocenters. The summed E-state index contributed by atoms with van der Waals surface area (Å²) in [5, 5.41) is 33.0. The van der Waals surface area contributed by atoms with Crippen molar-refractivity contribution in [1.29, 1.82) is 5.26 Å². The van der Waals surface area contributed by atoms with E-state index in [-0.39, 0.29) is 34.0 Å². The fraction of sp³-hybridized carbons (Fsp3) is 0.111. The van der Waals surface area contributed by atoms with Crippen LogP contribution in [0.3, 0.4) is 0 Å². The molecule has 1 aromatic heterocycles. The minimum Gasteiger partial charge on any atom is -0.493 e. The number of nitrogens with zero attached hydrogens (tertiary/aromatic N) is 4. The number of benzene rings is 1. The van der Waals surface area contributed by atoms with E-state index in [9.17, 15) is 14.3 Å². The van der Waals surface area contributed by atoms with Crippen LogP contribution in [-0.4, -0.2) is 27.9 Å². The quantitative estimate of drug-likeness (QED) is 0.483. The van der Waals surface area contributed by atoms with E-state index in [1.165, 1.54) is 31.2 Å². The Labute approximate surface area is 149 Å². The average Bonchev–Trinajstić information content (AvgIpc) is 2.64. The van der Waals surface area contributed by atoms with Gasteiger partial charge in [0, 0.05) is 18.5 Å². The van der Waals surface area contributed by atoms with Crippen LogP contribution in [0.15, 0.2) is 41.4 Å². The van der Waals surface area contributed by atoms with Crippen LogP contribution in [0, 0.1) is 24.1 Å². The number of aromatic nitrogens is 1. The number of rotatable bonds is 5. The first-order valence-corrected chi connectivity index (χ1v) is 7.37. The molecular formula is C18H15FN4O3. The van der Waals surface area contributed by atoms with Gasteiger partial charge in [0.25, 0.3) is 0 Å². The molecule has 0 atom stereocenters. The first-order valence-electron chi connectivity index (χ1n) is 7.37. The maximum absolute atomic E-state index is 14.2. The van der Waals surface area contributed by atoms with Crippen LogP contribution in [0.2, 0.25) is 0 Å². The van der Waals surface area contributed by atoms with Gasteiger partial charge in [0.2, 0.25) is 5.88 Å². The maximum atomic E-state index is 14.2. The minimum absolute atomic E-state index is 0.0250. The number of halogens is 1. The van der Waals surface area contributed by atoms with E-state index < -0.39 is 11.8 Å². The Morgan fingerprint density at radius 1 is 1.35 bits per heavy atom. The van der Waals surface area contributed by atoms with Crippen LogP contribution in [0.1, 0.15) is 34.0 Å². The highest BCUT2D eigenvalue weighted by atomic mass is 19.1. The van der Waals surface area contributed by atoms with Gasteiger partial charge >= 0.3 is 5.97 Å². The monoisotopic (exact) mass is 354 g/mol. The molecule has 8 heteroatoms. The molecule has 0 aliphatic heterocycles. The second-order valence-electron chi connectivity index (χ2n) is 5.32. The summed E-state index contributed by atoms with van der Waals surface area (Å²) in [5.74, 6) is -2.03. The standard InChI is InChI=1S/C18H15FN4O3/c1-10-14(6-4-12(8-20)16(10)19)11(2)17(24)23(21-3)15-7-5-13(9-22-15)18(25)26/h4-7,9,24H,3H2,1-2H3,(H,25,26)/b17-11-. The summed E-state index contributed by atoms with van der Waals surface area (Å²) < 4.78 is 14.2. The molecule has 0 spiro atoms. The number of allylic oxidation sites excluding steroid dienone is 1. The predicted octanol–water partition coefficient (Wildman–Crippen LogP) is 3.47. The number of nitriles is 1. The van der Waals surface area contributed by atoms with Crippen molar-refractivity contribution >= 4 is 24.1 Å². The van der Waals surface area contributed by atoms with Gasteiger partial charge in [0.05, 0.1) is 11.1 Å². The lowest BCUT2D eigenvalue weighted by molar-refractivity contribution is 0.0696. The summed E-state index contributed by atoms with van der Waals surface area (Å²) in [5.41, 5.74) is 0.745. The van der Waals surface area contributed by atoms with Gasteiger partial charge < -0.3 is 10.2 Å². The molecule has 0 aliphatic carbocycles. The van der Waals surface area contributed by atoms with Crippen LogP contribution in [0.5, 0.6) is 0 Å². The number of carbonyl (C=O) groups is 1. The number of aromatic carboxylic acids is 1. The molecular weight excluding hydrogens is 339 g/mol. The molecule has 1 aromatic carbocycles. The molecule has 132 valence electrons. The highest BCUT2D eigenvalue weighted by Gasteiger charge is 2.18. The van der Waals surface area contributed by atoms with Gasteiger partial charge in [-0.3, -0.25) is 0 Å². The van der Waals surface area contributed by atoms with Gasteiger partial charge in [-0.15, -0.1) is 0 Å². The molecule has 0 saturated heterocycles. The van der Waals surface area contributed by atoms with Crippen LogP contribution >= 0.6 is 0 Å². The molecule has 0 saturated carbocycles. The van der Waals surface area contributed by atoms with E-state index >= 15 is 0 Å². The van der Waals surface area contributed by atoms with Gasteiger partial charge in [0.15, 0.2) is 5.82 Å². The van der Waals surface area contributed by atoms with E-state index in [2.05, 4.69) is 16.8 Å². The molecule has 7 nitrogen and oxygen atoms in total. The fourth-order valence-corrected chi connectivity index (χ4v) is 2.34. The van der Waals surface area contributed by atoms with Gasteiger partial charge in [-0.2, -0.15) is 15.4 Å². The van der Waals surface area contributed by atoms with Crippen LogP contribution in [0.4, 0.5) is 10.2 Å². The Morgan fingerprint density at radius 2 is 2.04 bits per heavy atom. The summed E-state index contributed by atoms with van der Waals surface area (Å²) in [4.78, 5) is 14.8. The molecule has 2 aromatic rings. The molecule has 0 amide bonds. The van der Waals surface area contributed by atoms with Crippen molar-refractivity contribution < 1.29 is 19.4 Å². The van der Waals surface area contributed by atoms with Crippen LogP contribution < -0.4 is 5.01 Å². The molecule has 26 heavy (non-hydrogen) atoms. The highest BCUT2D eigenvalue weighted by molar-refractivity contribution is 5.87. The molecule has 1 heterocycles. The first-order chi connectivity index (χ1) is 12.3. The average molecular weight is 354 g/mol. The molecule has 0 bridgehead atoms. The summed E-state index contributed by atoms with van der Waals surface area (Å²) in [6.07, 6.45) is 1.12. The third-order valence-electron chi connectivity index (χ3n) is 3.80. The van der Waals surface area contributed by atoms with Crippen molar-refractivity contribution in [2.45, 2.75) is 13.8 Å². The van der Waals surface area contributed by atoms with Crippen molar-refractivity contribution in [2.75, 3.05) is 5.01 Å². The van der Waals surface area contributed by atoms with Gasteiger partial charge in [0.1, 0.15) is 11.9 Å². The highest BCUT2D eigenvalue weighted by Crippen LogP contribution is 2.28. The van der Waals surface area contributed by atoms with Crippen LogP contribution in [0.25, 0.3) is 5.57 Å². The number of anilines is 1. The number of hydrazone groups is 1. The fourth-order valence-electron chi connectivity index (χ4n) is 2.34. The normalized spacial score (nSPS) is 11.3. The lowest BCUT2D eigenvalue weighted by Crippen LogP contribution is -2.18. The SMILES string of the molecule is C=NN(/C(O)=C(\C)c1ccc(C#N)c(F)c1C)c1ccc(C(=O)O)cn1. The molecule has 2 N–H and O–H groups in total. The van der Waals surface area contributed by atoms with E-state index in [1.54, 1.807) is 13.0 Å². The Bertz CT molecular complexity index is 946. The number of carboxylic acids is 1. The van der Waals surface area contributed by atoms with E-state index in [1.807, 2.05) is 0 Å². The van der Waals surface area contributed by atoms with Crippen molar-refractivity contribution in [3.63, 3.8) is 0 Å². The minimum atomic E-state index is -1.14. The van der Waals surface area contributed by atoms with Gasteiger partial charge in [-0.25, -0.2) is 14.2 Å². The number of pyridine rings is 1. The Balaban J connectivity index is 2.50. The Kier molecular flexibility index (Phi) is 5.33. The third-order valence-corrected chi connectivity index (χ3v) is 3.80. The summed E-state index contributed by atoms with van der Waals surface area (Å²) >= 11 is 0. The number of hydrogen-bond donors (Lipinski definition) is 2. The number of hydrogen-bond acceptors (Lipinski definition) is 6. The largest absolute Gasteiger partial charge is 0.493 e. The zero-order chi connectivity index (χ0) is 19.4. The predicted molar refractivity (Wildman–Crippen MR) is 94.3 cm³/mol. The van der Waals surface area contributed by atoms with Crippen molar-refractivity contribution in [3.05, 3.63) is 64.4 Å². The number of carboxylic acid groups (broad SMARTS) is 1. The molecule has 2 rings (SSSR count). The second kappa shape index (κ2) is 7.44. The van der Waals surface area contributed by atoms with E-state index in [0.717, 1.165) is 11.2 Å². The summed E-state index contributed by atoms with van der Waals surface area (Å²) in [6.45, 7) is 6.41. The van der Waals surface area contributed by atoms with E-state index in [0.29, 0.717) is 5.56 Å². The van der Waals surface area contributed by atoms with Gasteiger partial charge in [-0.1, -0.05) is 6.07 Å². The zero-order valence-electron chi connectivity index (χ0n) is 14.1. The molecule has 0 radical (unpaired) electrons.